The molecule has 1 atom stereocenters. The number of urea groups is 1. The van der Waals surface area contributed by atoms with Crippen LogP contribution in [0.1, 0.15) is 0 Å². The van der Waals surface area contributed by atoms with Crippen LogP contribution in [0.2, 0.25) is 0 Å². The van der Waals surface area contributed by atoms with Gasteiger partial charge in [-0.05, 0) is 0 Å². The van der Waals surface area contributed by atoms with Crippen LogP contribution in [0.25, 0.3) is 0 Å². The van der Waals surface area contributed by atoms with E-state index in [-0.39, 0.29) is 19.1 Å². The zero-order chi connectivity index (χ0) is 8.85. The van der Waals surface area contributed by atoms with Gasteiger partial charge in [0.25, 0.3) is 0 Å². The summed E-state index contributed by atoms with van der Waals surface area (Å²) >= 11 is 0. The fourth-order valence-corrected chi connectivity index (χ4v) is 0.664. The van der Waals surface area contributed by atoms with Gasteiger partial charge in [-0.1, -0.05) is 0 Å². The Balaban J connectivity index is 3.67. The molecular weight excluding hydrogens is 146 g/mol. The molecule has 4 N–H and O–H groups in total. The van der Waals surface area contributed by atoms with E-state index in [0.717, 1.165) is 0 Å². The number of aliphatic hydroxyl groups is 1. The second-order valence-electron chi connectivity index (χ2n) is 2.33. The van der Waals surface area contributed by atoms with Gasteiger partial charge in [-0.15, -0.1) is 0 Å². The van der Waals surface area contributed by atoms with Crippen molar-refractivity contribution >= 4 is 6.03 Å². The Bertz CT molecular complexity index is 129. The van der Waals surface area contributed by atoms with Gasteiger partial charge in [-0.3, -0.25) is 0 Å². The van der Waals surface area contributed by atoms with Crippen LogP contribution >= 0.6 is 0 Å². The Morgan fingerprint density at radius 3 is 2.73 bits per heavy atom. The third kappa shape index (κ3) is 3.79. The lowest BCUT2D eigenvalue weighted by molar-refractivity contribution is 0.137. The summed E-state index contributed by atoms with van der Waals surface area (Å²) in [7, 11) is 3.13. The van der Waals surface area contributed by atoms with Crippen LogP contribution in [0.3, 0.4) is 0 Å². The number of aliphatic hydroxyl groups excluding tert-OH is 1. The Morgan fingerprint density at radius 1 is 1.82 bits per heavy atom. The lowest BCUT2D eigenvalue weighted by Crippen LogP contribution is -2.41. The number of nitrogens with two attached hydrogens (primary N) is 1. The molecule has 0 bridgehead atoms. The zero-order valence-corrected chi connectivity index (χ0v) is 6.87. The number of carbonyl (C=O) groups excluding carboxylic acids is 1. The average Bonchev–Trinajstić information content (AvgIpc) is 2.02. The van der Waals surface area contributed by atoms with Gasteiger partial charge in [0.2, 0.25) is 0 Å². The summed E-state index contributed by atoms with van der Waals surface area (Å²) in [6.45, 7) is 0.428. The lowest BCUT2D eigenvalue weighted by Gasteiger charge is -2.18. The molecule has 0 aliphatic rings. The average molecular weight is 161 g/mol. The van der Waals surface area contributed by atoms with Gasteiger partial charge >= 0.3 is 6.03 Å². The maximum Gasteiger partial charge on any atom is 0.316 e. The van der Waals surface area contributed by atoms with E-state index in [9.17, 15) is 4.79 Å². The monoisotopic (exact) mass is 161 g/mol. The lowest BCUT2D eigenvalue weighted by atomic mass is 10.3. The van der Waals surface area contributed by atoms with E-state index in [0.29, 0.717) is 0 Å². The maximum atomic E-state index is 10.8. The molecule has 0 aliphatic heterocycles. The van der Waals surface area contributed by atoms with E-state index in [2.05, 4.69) is 5.32 Å². The molecular formula is C6H15N3O2. The van der Waals surface area contributed by atoms with Gasteiger partial charge in [0.05, 0.1) is 6.10 Å². The second-order valence-corrected chi connectivity index (χ2v) is 2.33. The number of hydrogen-bond acceptors (Lipinski definition) is 3. The van der Waals surface area contributed by atoms with Crippen LogP contribution in [-0.2, 0) is 0 Å². The normalized spacial score (nSPS) is 12.4. The molecule has 0 radical (unpaired) electrons. The molecule has 5 heteroatoms. The highest BCUT2D eigenvalue weighted by molar-refractivity contribution is 5.73. The molecule has 0 aromatic heterocycles. The number of nitrogens with one attached hydrogen (secondary N) is 1. The first-order valence-electron chi connectivity index (χ1n) is 3.42. The summed E-state index contributed by atoms with van der Waals surface area (Å²) in [6, 6.07) is -0.225. The van der Waals surface area contributed by atoms with Crippen molar-refractivity contribution < 1.29 is 9.90 Å². The minimum atomic E-state index is -0.641. The van der Waals surface area contributed by atoms with Gasteiger partial charge in [-0.25, -0.2) is 4.79 Å². The summed E-state index contributed by atoms with van der Waals surface area (Å²) in [5.74, 6) is 0. The fourth-order valence-electron chi connectivity index (χ4n) is 0.664. The first-order valence-corrected chi connectivity index (χ1v) is 3.42. The van der Waals surface area contributed by atoms with Crippen LogP contribution in [0.4, 0.5) is 4.79 Å². The summed E-state index contributed by atoms with van der Waals surface area (Å²) in [6.07, 6.45) is -0.641. The third-order valence-electron chi connectivity index (χ3n) is 1.32. The van der Waals surface area contributed by atoms with Gasteiger partial charge in [0, 0.05) is 27.2 Å². The highest BCUT2D eigenvalue weighted by Crippen LogP contribution is 1.87. The fraction of sp³-hybridized carbons (Fsp3) is 0.833. The minimum Gasteiger partial charge on any atom is -0.390 e. The summed E-state index contributed by atoms with van der Waals surface area (Å²) in [5.41, 5.74) is 5.15. The molecule has 0 aromatic rings. The number of carbonyl (C=O) groups is 1. The van der Waals surface area contributed by atoms with Crippen molar-refractivity contribution in [1.82, 2.24) is 10.2 Å². The van der Waals surface area contributed by atoms with Crippen LogP contribution in [-0.4, -0.2) is 49.3 Å². The summed E-state index contributed by atoms with van der Waals surface area (Å²) in [4.78, 5) is 12.2. The van der Waals surface area contributed by atoms with E-state index in [1.807, 2.05) is 0 Å². The molecule has 0 heterocycles. The first kappa shape index (κ1) is 10.2. The Morgan fingerprint density at radius 2 is 2.36 bits per heavy atom. The summed E-state index contributed by atoms with van der Waals surface area (Å²) in [5, 5.41) is 11.5. The second kappa shape index (κ2) is 4.92. The van der Waals surface area contributed by atoms with Crippen molar-refractivity contribution in [2.75, 3.05) is 27.2 Å². The molecule has 5 nitrogen and oxygen atoms in total. The van der Waals surface area contributed by atoms with Crippen LogP contribution in [0.5, 0.6) is 0 Å². The van der Waals surface area contributed by atoms with Crippen molar-refractivity contribution in [1.29, 1.82) is 0 Å². The highest BCUT2D eigenvalue weighted by Gasteiger charge is 2.09. The number of likely N-dealkylation sites (N-methyl/N-ethyl adjacent to an activating group) is 1. The van der Waals surface area contributed by atoms with Crippen molar-refractivity contribution in [3.05, 3.63) is 0 Å². The SMILES string of the molecule is CNC(=O)N(C)CC(O)CN. The molecule has 0 saturated carbocycles. The Hall–Kier alpha value is -0.810. The number of nitrogens with zero attached hydrogens (tertiary/aromatic N) is 1. The third-order valence-corrected chi connectivity index (χ3v) is 1.32. The molecule has 2 amide bonds. The quantitative estimate of drug-likeness (QED) is 0.475. The molecule has 11 heavy (non-hydrogen) atoms. The van der Waals surface area contributed by atoms with Crippen molar-refractivity contribution in [2.45, 2.75) is 6.10 Å². The van der Waals surface area contributed by atoms with Crippen LogP contribution < -0.4 is 11.1 Å². The molecule has 66 valence electrons. The van der Waals surface area contributed by atoms with Gasteiger partial charge in [0.1, 0.15) is 0 Å². The van der Waals surface area contributed by atoms with Gasteiger partial charge in [-0.2, -0.15) is 0 Å². The molecule has 0 fully saturated rings. The van der Waals surface area contributed by atoms with E-state index >= 15 is 0 Å². The zero-order valence-electron chi connectivity index (χ0n) is 6.87. The standard InChI is InChI=1S/C6H15N3O2/c1-8-6(11)9(2)4-5(10)3-7/h5,10H,3-4,7H2,1-2H3,(H,8,11). The largest absolute Gasteiger partial charge is 0.390 e. The van der Waals surface area contributed by atoms with E-state index in [1.165, 1.54) is 11.9 Å². The minimum absolute atomic E-state index is 0.168. The molecule has 0 saturated heterocycles. The van der Waals surface area contributed by atoms with E-state index < -0.39 is 6.10 Å². The number of hydrogen-bond donors (Lipinski definition) is 3. The van der Waals surface area contributed by atoms with E-state index in [4.69, 9.17) is 10.8 Å². The van der Waals surface area contributed by atoms with Crippen molar-refractivity contribution in [3.8, 4) is 0 Å². The molecule has 1 unspecified atom stereocenters. The predicted molar refractivity (Wildman–Crippen MR) is 42.1 cm³/mol. The van der Waals surface area contributed by atoms with Crippen LogP contribution in [0, 0.1) is 0 Å². The first-order chi connectivity index (χ1) is 5.11. The number of rotatable bonds is 3. The van der Waals surface area contributed by atoms with Gasteiger partial charge < -0.3 is 21.1 Å². The maximum absolute atomic E-state index is 10.8. The van der Waals surface area contributed by atoms with Gasteiger partial charge in [0.15, 0.2) is 0 Å². The van der Waals surface area contributed by atoms with Crippen molar-refractivity contribution in [3.63, 3.8) is 0 Å². The summed E-state index contributed by atoms with van der Waals surface area (Å²) < 4.78 is 0. The van der Waals surface area contributed by atoms with Crippen LogP contribution in [0.15, 0.2) is 0 Å². The van der Waals surface area contributed by atoms with Crippen molar-refractivity contribution in [2.24, 2.45) is 5.73 Å². The molecule has 0 spiro atoms. The molecule has 0 rings (SSSR count). The molecule has 0 aliphatic carbocycles. The highest BCUT2D eigenvalue weighted by atomic mass is 16.3. The smallest absolute Gasteiger partial charge is 0.316 e. The Labute approximate surface area is 66.2 Å². The number of amides is 2. The predicted octanol–water partition coefficient (Wildman–Crippen LogP) is -1.42. The van der Waals surface area contributed by atoms with E-state index in [1.54, 1.807) is 7.05 Å². The Kier molecular flexibility index (Phi) is 4.56. The topological polar surface area (TPSA) is 78.6 Å². The molecule has 0 aromatic carbocycles.